The number of nitrogens with one attached hydrogen (secondary N) is 2. The van der Waals surface area contributed by atoms with Gasteiger partial charge in [0, 0.05) is 38.9 Å². The molecule has 3 rings (SSSR count). The predicted octanol–water partition coefficient (Wildman–Crippen LogP) is 0.521. The fourth-order valence-corrected chi connectivity index (χ4v) is 2.24. The van der Waals surface area contributed by atoms with Gasteiger partial charge in [0.05, 0.1) is 12.4 Å². The van der Waals surface area contributed by atoms with Crippen molar-refractivity contribution in [2.24, 2.45) is 0 Å². The van der Waals surface area contributed by atoms with Gasteiger partial charge in [0.1, 0.15) is 0 Å². The van der Waals surface area contributed by atoms with E-state index >= 15 is 0 Å². The van der Waals surface area contributed by atoms with Gasteiger partial charge in [-0.25, -0.2) is 18.9 Å². The third kappa shape index (κ3) is 3.40. The third-order valence-corrected chi connectivity index (χ3v) is 3.44. The standard InChI is InChI=1S/C14H17FN6O/c15-12-9-19-21(10-12)13-2-1-11(7-17-13)8-18-14(22)20-5-3-16-4-6-20/h1-2,7,9-10,16H,3-6,8H2,(H,18,22). The smallest absolute Gasteiger partial charge is 0.317 e. The molecule has 7 nitrogen and oxygen atoms in total. The quantitative estimate of drug-likeness (QED) is 0.867. The van der Waals surface area contributed by atoms with Gasteiger partial charge >= 0.3 is 6.03 Å². The van der Waals surface area contributed by atoms with Crippen LogP contribution >= 0.6 is 0 Å². The van der Waals surface area contributed by atoms with Crippen molar-refractivity contribution in [3.05, 3.63) is 42.1 Å². The van der Waals surface area contributed by atoms with Crippen molar-refractivity contribution in [2.75, 3.05) is 26.2 Å². The maximum Gasteiger partial charge on any atom is 0.317 e. The van der Waals surface area contributed by atoms with Crippen LogP contribution in [0.5, 0.6) is 0 Å². The fraction of sp³-hybridized carbons (Fsp3) is 0.357. The summed E-state index contributed by atoms with van der Waals surface area (Å²) in [5, 5.41) is 9.92. The van der Waals surface area contributed by atoms with E-state index in [2.05, 4.69) is 20.7 Å². The van der Waals surface area contributed by atoms with Gasteiger partial charge < -0.3 is 15.5 Å². The Morgan fingerprint density at radius 3 is 2.77 bits per heavy atom. The van der Waals surface area contributed by atoms with Crippen LogP contribution in [0.3, 0.4) is 0 Å². The van der Waals surface area contributed by atoms with E-state index in [0.29, 0.717) is 25.5 Å². The van der Waals surface area contributed by atoms with E-state index in [1.807, 2.05) is 6.07 Å². The summed E-state index contributed by atoms with van der Waals surface area (Å²) in [6.45, 7) is 3.49. The molecule has 2 aromatic rings. The highest BCUT2D eigenvalue weighted by molar-refractivity contribution is 5.74. The molecule has 8 heteroatoms. The van der Waals surface area contributed by atoms with Crippen LogP contribution in [0.1, 0.15) is 5.56 Å². The monoisotopic (exact) mass is 304 g/mol. The van der Waals surface area contributed by atoms with Crippen molar-refractivity contribution in [2.45, 2.75) is 6.54 Å². The maximum atomic E-state index is 12.9. The molecule has 0 radical (unpaired) electrons. The third-order valence-electron chi connectivity index (χ3n) is 3.44. The van der Waals surface area contributed by atoms with Crippen LogP contribution in [-0.2, 0) is 6.54 Å². The lowest BCUT2D eigenvalue weighted by Gasteiger charge is -2.27. The Morgan fingerprint density at radius 2 is 2.14 bits per heavy atom. The molecule has 3 heterocycles. The Bertz CT molecular complexity index is 635. The first-order chi connectivity index (χ1) is 10.7. The molecule has 0 spiro atoms. The molecule has 0 aliphatic carbocycles. The molecule has 22 heavy (non-hydrogen) atoms. The molecule has 2 amide bonds. The highest BCUT2D eigenvalue weighted by atomic mass is 19.1. The lowest BCUT2D eigenvalue weighted by Crippen LogP contribution is -2.50. The Hall–Kier alpha value is -2.48. The lowest BCUT2D eigenvalue weighted by atomic mass is 10.3. The molecule has 1 aliphatic heterocycles. The number of halogens is 1. The van der Waals surface area contributed by atoms with E-state index in [-0.39, 0.29) is 6.03 Å². The van der Waals surface area contributed by atoms with Crippen molar-refractivity contribution in [3.63, 3.8) is 0 Å². The number of aromatic nitrogens is 3. The van der Waals surface area contributed by atoms with E-state index in [0.717, 1.165) is 24.8 Å². The molecule has 0 atom stereocenters. The van der Waals surface area contributed by atoms with Crippen LogP contribution in [-0.4, -0.2) is 51.9 Å². The second kappa shape index (κ2) is 6.52. The first-order valence-corrected chi connectivity index (χ1v) is 7.11. The van der Waals surface area contributed by atoms with Gasteiger partial charge in [-0.3, -0.25) is 0 Å². The molecule has 2 N–H and O–H groups in total. The van der Waals surface area contributed by atoms with Gasteiger partial charge in [-0.05, 0) is 11.6 Å². The molecular weight excluding hydrogens is 287 g/mol. The molecule has 2 aromatic heterocycles. The average molecular weight is 304 g/mol. The minimum Gasteiger partial charge on any atom is -0.334 e. The fourth-order valence-electron chi connectivity index (χ4n) is 2.24. The number of carbonyl (C=O) groups excluding carboxylic acids is 1. The van der Waals surface area contributed by atoms with Crippen LogP contribution < -0.4 is 10.6 Å². The van der Waals surface area contributed by atoms with Crippen molar-refractivity contribution in [3.8, 4) is 5.82 Å². The molecular formula is C14H17FN6O. The molecule has 116 valence electrons. The van der Waals surface area contributed by atoms with E-state index < -0.39 is 5.82 Å². The van der Waals surface area contributed by atoms with Gasteiger partial charge in [0.2, 0.25) is 0 Å². The van der Waals surface area contributed by atoms with Gasteiger partial charge in [-0.2, -0.15) is 5.10 Å². The topological polar surface area (TPSA) is 75.1 Å². The summed E-state index contributed by atoms with van der Waals surface area (Å²) in [7, 11) is 0. The van der Waals surface area contributed by atoms with Crippen LogP contribution in [0.25, 0.3) is 5.82 Å². The van der Waals surface area contributed by atoms with Crippen molar-refractivity contribution < 1.29 is 9.18 Å². The molecule has 0 bridgehead atoms. The number of hydrogen-bond donors (Lipinski definition) is 2. The number of pyridine rings is 1. The Morgan fingerprint density at radius 1 is 1.32 bits per heavy atom. The normalized spacial score (nSPS) is 14.9. The van der Waals surface area contributed by atoms with E-state index in [9.17, 15) is 9.18 Å². The molecule has 0 unspecified atom stereocenters. The van der Waals surface area contributed by atoms with Crippen LogP contribution in [0.4, 0.5) is 9.18 Å². The summed E-state index contributed by atoms with van der Waals surface area (Å²) in [5.74, 6) is 0.121. The highest BCUT2D eigenvalue weighted by Gasteiger charge is 2.15. The van der Waals surface area contributed by atoms with Crippen LogP contribution in [0, 0.1) is 5.82 Å². The Balaban J connectivity index is 1.56. The first kappa shape index (κ1) is 14.5. The zero-order valence-electron chi connectivity index (χ0n) is 12.0. The SMILES string of the molecule is O=C(NCc1ccc(-n2cc(F)cn2)nc1)N1CCNCC1. The molecule has 0 aromatic carbocycles. The number of hydrogen-bond acceptors (Lipinski definition) is 4. The Labute approximate surface area is 127 Å². The lowest BCUT2D eigenvalue weighted by molar-refractivity contribution is 0.189. The van der Waals surface area contributed by atoms with Crippen LogP contribution in [0.2, 0.25) is 0 Å². The molecule has 1 aliphatic rings. The van der Waals surface area contributed by atoms with Gasteiger partial charge in [0.15, 0.2) is 11.6 Å². The summed E-state index contributed by atoms with van der Waals surface area (Å²) in [4.78, 5) is 18.0. The number of carbonyl (C=O) groups is 1. The van der Waals surface area contributed by atoms with E-state index in [4.69, 9.17) is 0 Å². The average Bonchev–Trinajstić information content (AvgIpc) is 3.00. The summed E-state index contributed by atoms with van der Waals surface area (Å²) in [6, 6.07) is 3.50. The van der Waals surface area contributed by atoms with Gasteiger partial charge in [-0.15, -0.1) is 0 Å². The maximum absolute atomic E-state index is 12.9. The van der Waals surface area contributed by atoms with Crippen molar-refractivity contribution in [1.82, 2.24) is 30.3 Å². The zero-order chi connectivity index (χ0) is 15.4. The summed E-state index contributed by atoms with van der Waals surface area (Å²) in [6.07, 6.45) is 4.03. The summed E-state index contributed by atoms with van der Waals surface area (Å²) in [5.41, 5.74) is 0.875. The molecule has 1 saturated heterocycles. The first-order valence-electron chi connectivity index (χ1n) is 7.11. The van der Waals surface area contributed by atoms with Gasteiger partial charge in [0.25, 0.3) is 0 Å². The molecule has 1 fully saturated rings. The van der Waals surface area contributed by atoms with Gasteiger partial charge in [-0.1, -0.05) is 6.07 Å². The predicted molar refractivity (Wildman–Crippen MR) is 78.0 cm³/mol. The number of nitrogens with zero attached hydrogens (tertiary/aromatic N) is 4. The number of urea groups is 1. The minimum absolute atomic E-state index is 0.0697. The highest BCUT2D eigenvalue weighted by Crippen LogP contribution is 2.06. The second-order valence-electron chi connectivity index (χ2n) is 5.02. The largest absolute Gasteiger partial charge is 0.334 e. The minimum atomic E-state index is -0.408. The van der Waals surface area contributed by atoms with E-state index in [1.54, 1.807) is 17.2 Å². The number of amides is 2. The molecule has 0 saturated carbocycles. The van der Waals surface area contributed by atoms with Crippen molar-refractivity contribution >= 4 is 6.03 Å². The summed E-state index contributed by atoms with van der Waals surface area (Å²) >= 11 is 0. The van der Waals surface area contributed by atoms with E-state index in [1.165, 1.54) is 10.9 Å². The second-order valence-corrected chi connectivity index (χ2v) is 5.02. The number of rotatable bonds is 3. The van der Waals surface area contributed by atoms with Crippen LogP contribution in [0.15, 0.2) is 30.7 Å². The number of piperazine rings is 1. The Kier molecular flexibility index (Phi) is 4.29. The zero-order valence-corrected chi connectivity index (χ0v) is 12.0. The summed E-state index contributed by atoms with van der Waals surface area (Å²) < 4.78 is 14.3. The van der Waals surface area contributed by atoms with Crippen molar-refractivity contribution in [1.29, 1.82) is 0 Å².